The first-order valence-corrected chi connectivity index (χ1v) is 20.1. The van der Waals surface area contributed by atoms with Gasteiger partial charge in [0.05, 0.1) is 65.8 Å². The van der Waals surface area contributed by atoms with E-state index in [2.05, 4.69) is 20.4 Å². The Morgan fingerprint density at radius 2 is 1.00 bits per heavy atom. The molecule has 0 radical (unpaired) electrons. The summed E-state index contributed by atoms with van der Waals surface area (Å²) in [7, 11) is 3.17. The van der Waals surface area contributed by atoms with Gasteiger partial charge in [0, 0.05) is 49.5 Å². The minimum absolute atomic E-state index is 0.0725. The number of aryl methyl sites for hydroxylation is 2. The van der Waals surface area contributed by atoms with Crippen LogP contribution in [0.4, 0.5) is 43.9 Å². The summed E-state index contributed by atoms with van der Waals surface area (Å²) in [5, 5.41) is 26.1. The average molecular weight is 919 g/mol. The van der Waals surface area contributed by atoms with Crippen molar-refractivity contribution in [1.29, 1.82) is 0 Å². The van der Waals surface area contributed by atoms with Gasteiger partial charge in [-0.3, -0.25) is 9.36 Å². The molecule has 7 rings (SSSR count). The predicted molar refractivity (Wildman–Crippen MR) is 219 cm³/mol. The van der Waals surface area contributed by atoms with Crippen LogP contribution in [0.1, 0.15) is 101 Å². The van der Waals surface area contributed by atoms with Crippen LogP contribution in [-0.4, -0.2) is 57.1 Å². The summed E-state index contributed by atoms with van der Waals surface area (Å²) in [5.41, 5.74) is 3.37. The molecule has 0 aliphatic rings. The Balaban J connectivity index is 0.000000221. The highest BCUT2D eigenvalue weighted by atomic mass is 19.3. The molecule has 20 heteroatoms. The number of hydrogen-bond acceptors (Lipinski definition) is 6. The lowest BCUT2D eigenvalue weighted by atomic mass is 10.1. The fourth-order valence-corrected chi connectivity index (χ4v) is 7.11. The zero-order valence-electron chi connectivity index (χ0n) is 35.4. The lowest BCUT2D eigenvalue weighted by molar-refractivity contribution is 0.0522. The van der Waals surface area contributed by atoms with Gasteiger partial charge in [-0.05, 0) is 80.1 Å². The minimum atomic E-state index is -2.84. The fraction of sp³-hybridized carbons (Fsp3) is 0.333. The lowest BCUT2D eigenvalue weighted by Gasteiger charge is -2.19. The zero-order valence-corrected chi connectivity index (χ0v) is 35.4. The Labute approximate surface area is 366 Å². The third-order valence-electron chi connectivity index (χ3n) is 10.2. The molecule has 10 nitrogen and oxygen atoms in total. The van der Waals surface area contributed by atoms with E-state index >= 15 is 0 Å². The summed E-state index contributed by atoms with van der Waals surface area (Å²) in [5.74, 6) is -1.09. The van der Waals surface area contributed by atoms with Crippen LogP contribution >= 0.6 is 0 Å². The van der Waals surface area contributed by atoms with Crippen LogP contribution in [0.25, 0.3) is 11.4 Å². The maximum absolute atomic E-state index is 14.2. The lowest BCUT2D eigenvalue weighted by Crippen LogP contribution is -2.11. The molecule has 4 aromatic heterocycles. The van der Waals surface area contributed by atoms with Crippen LogP contribution in [0.3, 0.4) is 0 Å². The van der Waals surface area contributed by atoms with Gasteiger partial charge in [0.25, 0.3) is 12.9 Å². The van der Waals surface area contributed by atoms with E-state index in [1.165, 1.54) is 74.2 Å². The van der Waals surface area contributed by atoms with Crippen LogP contribution in [0.2, 0.25) is 0 Å². The number of aliphatic hydroxyl groups is 1. The number of nitrogens with zero attached hydrogens (tertiary/aromatic N) is 8. The molecule has 65 heavy (non-hydrogen) atoms. The van der Waals surface area contributed by atoms with Crippen LogP contribution in [-0.2, 0) is 51.1 Å². The van der Waals surface area contributed by atoms with Gasteiger partial charge >= 0.3 is 0 Å². The van der Waals surface area contributed by atoms with Gasteiger partial charge < -0.3 is 9.84 Å². The van der Waals surface area contributed by atoms with Crippen LogP contribution in [0.5, 0.6) is 0 Å². The molecular formula is C45H44F10N8O2. The van der Waals surface area contributed by atoms with Gasteiger partial charge in [0.1, 0.15) is 23.0 Å². The first kappa shape index (κ1) is 48.2. The number of benzene rings is 3. The summed E-state index contributed by atoms with van der Waals surface area (Å²) in [6, 6.07) is 22.5. The first-order valence-electron chi connectivity index (χ1n) is 20.1. The van der Waals surface area contributed by atoms with Crippen molar-refractivity contribution < 1.29 is 53.7 Å². The number of alkyl halides is 8. The second-order valence-electron chi connectivity index (χ2n) is 15.1. The van der Waals surface area contributed by atoms with Crippen molar-refractivity contribution in [1.82, 2.24) is 39.1 Å². The molecule has 0 aliphatic carbocycles. The molecular weight excluding hydrogens is 875 g/mol. The highest BCUT2D eigenvalue weighted by Gasteiger charge is 2.24. The van der Waals surface area contributed by atoms with Crippen molar-refractivity contribution in [3.8, 4) is 11.4 Å². The molecule has 0 fully saturated rings. The maximum Gasteiger partial charge on any atom is 0.282 e. The van der Waals surface area contributed by atoms with Crippen molar-refractivity contribution in [3.63, 3.8) is 0 Å². The summed E-state index contributed by atoms with van der Waals surface area (Å²) >= 11 is 0. The molecule has 3 aromatic carbocycles. The van der Waals surface area contributed by atoms with E-state index in [1.54, 1.807) is 21.0 Å². The Kier molecular flexibility index (Phi) is 15.7. The topological polar surface area (TPSA) is 101 Å². The summed E-state index contributed by atoms with van der Waals surface area (Å²) in [4.78, 5) is 0. The summed E-state index contributed by atoms with van der Waals surface area (Å²) in [6.07, 6.45) is -13.3. The molecule has 0 spiro atoms. The number of ether oxygens (including phenoxy) is 1. The maximum atomic E-state index is 14.2. The van der Waals surface area contributed by atoms with Gasteiger partial charge in [0.2, 0.25) is 12.9 Å². The normalized spacial score (nSPS) is 12.7. The highest BCUT2D eigenvalue weighted by molar-refractivity contribution is 5.46. The van der Waals surface area contributed by atoms with Gasteiger partial charge in [-0.15, -0.1) is 0 Å². The Hall–Kier alpha value is -6.28. The third-order valence-corrected chi connectivity index (χ3v) is 10.2. The fourth-order valence-electron chi connectivity index (χ4n) is 7.11. The third kappa shape index (κ3) is 12.3. The molecule has 0 saturated carbocycles. The predicted octanol–water partition coefficient (Wildman–Crippen LogP) is 10.5. The smallest absolute Gasteiger partial charge is 0.282 e. The van der Waals surface area contributed by atoms with Gasteiger partial charge in [-0.25, -0.2) is 53.3 Å². The van der Waals surface area contributed by atoms with Crippen LogP contribution in [0, 0.1) is 11.6 Å². The van der Waals surface area contributed by atoms with Crippen LogP contribution in [0.15, 0.2) is 91.0 Å². The van der Waals surface area contributed by atoms with Crippen molar-refractivity contribution in [2.75, 3.05) is 0 Å². The van der Waals surface area contributed by atoms with E-state index in [9.17, 15) is 49.0 Å². The Bertz CT molecular complexity index is 2660. The largest absolute Gasteiger partial charge is 0.389 e. The molecule has 0 bridgehead atoms. The molecule has 0 amide bonds. The van der Waals surface area contributed by atoms with E-state index < -0.39 is 73.8 Å². The molecule has 0 aliphatic heterocycles. The van der Waals surface area contributed by atoms with E-state index in [0.29, 0.717) is 34.0 Å². The molecule has 4 heterocycles. The molecule has 346 valence electrons. The van der Waals surface area contributed by atoms with Crippen molar-refractivity contribution in [2.45, 2.75) is 84.0 Å². The average Bonchev–Trinajstić information content (AvgIpc) is 4.03. The van der Waals surface area contributed by atoms with E-state index in [4.69, 9.17) is 4.74 Å². The monoisotopic (exact) mass is 918 g/mol. The number of hydrogen-bond donors (Lipinski definition) is 1. The summed E-state index contributed by atoms with van der Waals surface area (Å²) in [6.45, 7) is 3.44. The minimum Gasteiger partial charge on any atom is -0.389 e. The highest BCUT2D eigenvalue weighted by Crippen LogP contribution is 2.31. The first-order chi connectivity index (χ1) is 30.9. The molecule has 1 N–H and O–H groups in total. The zero-order chi connectivity index (χ0) is 47.1. The van der Waals surface area contributed by atoms with Gasteiger partial charge in [-0.1, -0.05) is 30.3 Å². The molecule has 0 saturated heterocycles. The van der Waals surface area contributed by atoms with Crippen LogP contribution < -0.4 is 0 Å². The van der Waals surface area contributed by atoms with Gasteiger partial charge in [0.15, 0.2) is 0 Å². The number of aliphatic hydroxyl groups excluding tert-OH is 1. The van der Waals surface area contributed by atoms with E-state index in [1.807, 2.05) is 30.3 Å². The van der Waals surface area contributed by atoms with Gasteiger partial charge in [-0.2, -0.15) is 20.4 Å². The SMILES string of the molecule is C[C@@H](O)c1cc(F)ccc1-n1nc(C(F)F)cc1Cc1cc(CC(F)F)nn1C.C[C@@H](OCc1ccccc1)c1cc(F)ccc1-n1nc(C(F)F)cc1Cc1cc(CC(F)F)nn1C. The van der Waals surface area contributed by atoms with Crippen molar-refractivity contribution in [3.05, 3.63) is 165 Å². The van der Waals surface area contributed by atoms with E-state index in [-0.39, 0.29) is 42.1 Å². The number of aromatic nitrogens is 8. The second-order valence-corrected chi connectivity index (χ2v) is 15.1. The molecule has 0 unspecified atom stereocenters. The van der Waals surface area contributed by atoms with Crippen molar-refractivity contribution >= 4 is 0 Å². The number of halogens is 10. The molecule has 7 aromatic rings. The molecule has 2 atom stereocenters. The second kappa shape index (κ2) is 21.1. The number of rotatable bonds is 17. The Morgan fingerprint density at radius 1 is 0.554 bits per heavy atom. The van der Waals surface area contributed by atoms with E-state index in [0.717, 1.165) is 17.7 Å². The summed E-state index contributed by atoms with van der Waals surface area (Å²) < 4.78 is 144. The standard InChI is InChI=1S/C26H25F5N4O.C19H19F5N4O/c1-16(36-15-17-6-4-3-5-7-17)22-10-18(27)8-9-24(22)35-21(14-23(33-35)26(30)31)13-20-11-19(12-25(28)29)32-34(20)2;1-10(29)15-5-11(20)3-4-17(15)28-14(9-16(26-28)19(23)24)8-13-6-12(7-18(21)22)25-27(13)2/h3-11,14,16,25-26H,12-13,15H2,1-2H3;3-6,9-10,18-19,29H,7-8H2,1-2H3/t16-;10-/m11/s1. The quantitative estimate of drug-likeness (QED) is 0.0914. The Morgan fingerprint density at radius 3 is 1.43 bits per heavy atom. The van der Waals surface area contributed by atoms with Crippen molar-refractivity contribution in [2.24, 2.45) is 14.1 Å².